The molecule has 0 radical (unpaired) electrons. The summed E-state index contributed by atoms with van der Waals surface area (Å²) >= 11 is 0. The lowest BCUT2D eigenvalue weighted by molar-refractivity contribution is 0.356. The summed E-state index contributed by atoms with van der Waals surface area (Å²) in [7, 11) is 4.80. The van der Waals surface area contributed by atoms with Crippen molar-refractivity contribution < 1.29 is 19.3 Å². The van der Waals surface area contributed by atoms with Crippen molar-refractivity contribution in [3.05, 3.63) is 29.8 Å². The van der Waals surface area contributed by atoms with Crippen molar-refractivity contribution >= 4 is 27.2 Å². The predicted molar refractivity (Wildman–Crippen MR) is 95.0 cm³/mol. The molecule has 24 heavy (non-hydrogen) atoms. The molecule has 0 aliphatic carbocycles. The van der Waals surface area contributed by atoms with Crippen LogP contribution in [0.5, 0.6) is 23.0 Å². The van der Waals surface area contributed by atoms with E-state index in [-0.39, 0.29) is 5.75 Å². The van der Waals surface area contributed by atoms with Crippen LogP contribution in [0.2, 0.25) is 0 Å². The summed E-state index contributed by atoms with van der Waals surface area (Å²) in [4.78, 5) is 0. The first-order valence-electron chi connectivity index (χ1n) is 7.83. The Morgan fingerprint density at radius 3 is 2.29 bits per heavy atom. The Hall–Kier alpha value is -2.82. The van der Waals surface area contributed by atoms with E-state index in [4.69, 9.17) is 14.2 Å². The number of nitrogens with one attached hydrogen (secondary N) is 1. The minimum absolute atomic E-state index is 0.152. The number of phenols is 1. The molecule has 0 atom stereocenters. The Balaban J connectivity index is 2.22. The van der Waals surface area contributed by atoms with Gasteiger partial charge >= 0.3 is 0 Å². The highest BCUT2D eigenvalue weighted by molar-refractivity contribution is 6.18. The van der Waals surface area contributed by atoms with E-state index in [1.165, 1.54) is 5.56 Å². The Bertz CT molecular complexity index is 965. The first kappa shape index (κ1) is 14.8. The average molecular weight is 325 g/mol. The zero-order valence-corrected chi connectivity index (χ0v) is 13.9. The molecule has 0 saturated carbocycles. The molecule has 5 heteroatoms. The highest BCUT2D eigenvalue weighted by atomic mass is 16.5. The van der Waals surface area contributed by atoms with Gasteiger partial charge in [0.25, 0.3) is 0 Å². The lowest BCUT2D eigenvalue weighted by Gasteiger charge is -2.23. The van der Waals surface area contributed by atoms with Gasteiger partial charge in [-0.1, -0.05) is 0 Å². The molecule has 5 nitrogen and oxygen atoms in total. The molecule has 0 bridgehead atoms. The standard InChI is InChI=1S/C19H19NO4/c1-22-14-8-11-6-13-17-10(4-5-20-13)7-16(24-3)19(21)18(17)12(11)9-15(14)23-2/h6-9,20-21H,4-5H2,1-3H3. The van der Waals surface area contributed by atoms with Gasteiger partial charge in [0.2, 0.25) is 0 Å². The van der Waals surface area contributed by atoms with E-state index in [0.29, 0.717) is 17.2 Å². The molecule has 4 rings (SSSR count). The number of anilines is 1. The molecule has 124 valence electrons. The third-order valence-electron chi connectivity index (χ3n) is 4.67. The summed E-state index contributed by atoms with van der Waals surface area (Å²) in [5.41, 5.74) is 2.19. The van der Waals surface area contributed by atoms with Gasteiger partial charge in [-0.3, -0.25) is 0 Å². The molecule has 0 aromatic heterocycles. The van der Waals surface area contributed by atoms with E-state index < -0.39 is 0 Å². The molecule has 1 aliphatic rings. The molecule has 0 fully saturated rings. The van der Waals surface area contributed by atoms with Gasteiger partial charge in [0, 0.05) is 23.0 Å². The van der Waals surface area contributed by atoms with Crippen LogP contribution in [0.1, 0.15) is 5.56 Å². The molecule has 3 aromatic rings. The monoisotopic (exact) mass is 325 g/mol. The van der Waals surface area contributed by atoms with Gasteiger partial charge in [-0.05, 0) is 47.0 Å². The number of methoxy groups -OCH3 is 3. The Labute approximate surface area is 139 Å². The van der Waals surface area contributed by atoms with Crippen molar-refractivity contribution in [1.29, 1.82) is 0 Å². The quantitative estimate of drug-likeness (QED) is 0.719. The van der Waals surface area contributed by atoms with Crippen LogP contribution >= 0.6 is 0 Å². The summed E-state index contributed by atoms with van der Waals surface area (Å²) in [6, 6.07) is 7.85. The first-order valence-corrected chi connectivity index (χ1v) is 7.83. The van der Waals surface area contributed by atoms with Gasteiger partial charge < -0.3 is 24.6 Å². The van der Waals surface area contributed by atoms with Gasteiger partial charge in [0.05, 0.1) is 21.3 Å². The number of hydrogen-bond acceptors (Lipinski definition) is 5. The fourth-order valence-electron chi connectivity index (χ4n) is 3.55. The van der Waals surface area contributed by atoms with Crippen molar-refractivity contribution in [1.82, 2.24) is 0 Å². The van der Waals surface area contributed by atoms with Gasteiger partial charge in [-0.15, -0.1) is 0 Å². The molecule has 1 aliphatic heterocycles. The minimum Gasteiger partial charge on any atom is -0.504 e. The zero-order chi connectivity index (χ0) is 16.8. The molecule has 0 unspecified atom stereocenters. The van der Waals surface area contributed by atoms with E-state index >= 15 is 0 Å². The van der Waals surface area contributed by atoms with Crippen molar-refractivity contribution in [2.24, 2.45) is 0 Å². The number of benzene rings is 3. The number of fused-ring (bicyclic) bond motifs is 2. The highest BCUT2D eigenvalue weighted by Crippen LogP contribution is 2.47. The molecule has 0 amide bonds. The zero-order valence-electron chi connectivity index (χ0n) is 13.9. The summed E-state index contributed by atoms with van der Waals surface area (Å²) in [6.45, 7) is 0.856. The second-order valence-corrected chi connectivity index (χ2v) is 5.87. The van der Waals surface area contributed by atoms with Gasteiger partial charge in [0.1, 0.15) is 0 Å². The summed E-state index contributed by atoms with van der Waals surface area (Å²) < 4.78 is 16.2. The normalized spacial score (nSPS) is 13.0. The largest absolute Gasteiger partial charge is 0.504 e. The molecule has 3 aromatic carbocycles. The van der Waals surface area contributed by atoms with Crippen LogP contribution in [0.15, 0.2) is 24.3 Å². The Kier molecular flexibility index (Phi) is 3.30. The van der Waals surface area contributed by atoms with Gasteiger partial charge in [0.15, 0.2) is 23.0 Å². The van der Waals surface area contributed by atoms with Gasteiger partial charge in [-0.25, -0.2) is 0 Å². The molecular formula is C19H19NO4. The summed E-state index contributed by atoms with van der Waals surface area (Å²) in [5, 5.41) is 17.9. The van der Waals surface area contributed by atoms with E-state index in [2.05, 4.69) is 11.4 Å². The fraction of sp³-hybridized carbons (Fsp3) is 0.263. The molecule has 1 heterocycles. The Morgan fingerprint density at radius 1 is 0.875 bits per heavy atom. The smallest absolute Gasteiger partial charge is 0.166 e. The van der Waals surface area contributed by atoms with Crippen LogP contribution in [-0.4, -0.2) is 33.0 Å². The lowest BCUT2D eigenvalue weighted by Crippen LogP contribution is -2.12. The van der Waals surface area contributed by atoms with Gasteiger partial charge in [-0.2, -0.15) is 0 Å². The van der Waals surface area contributed by atoms with E-state index in [0.717, 1.165) is 40.2 Å². The summed E-state index contributed by atoms with van der Waals surface area (Å²) in [6.07, 6.45) is 0.888. The summed E-state index contributed by atoms with van der Waals surface area (Å²) in [5.74, 6) is 1.94. The Morgan fingerprint density at radius 2 is 1.58 bits per heavy atom. The van der Waals surface area contributed by atoms with Crippen LogP contribution in [0, 0.1) is 0 Å². The molecule has 0 spiro atoms. The van der Waals surface area contributed by atoms with Crippen molar-refractivity contribution in [2.45, 2.75) is 6.42 Å². The van der Waals surface area contributed by atoms with Crippen LogP contribution in [0.4, 0.5) is 5.69 Å². The topological polar surface area (TPSA) is 60.0 Å². The maximum atomic E-state index is 10.8. The number of ether oxygens (including phenoxy) is 3. The lowest BCUT2D eigenvalue weighted by atomic mass is 9.91. The van der Waals surface area contributed by atoms with E-state index in [1.807, 2.05) is 18.2 Å². The maximum Gasteiger partial charge on any atom is 0.166 e. The molecule has 2 N–H and O–H groups in total. The molecular weight excluding hydrogens is 306 g/mol. The van der Waals surface area contributed by atoms with E-state index in [1.54, 1.807) is 21.3 Å². The van der Waals surface area contributed by atoms with Crippen molar-refractivity contribution in [3.63, 3.8) is 0 Å². The third kappa shape index (κ3) is 1.94. The van der Waals surface area contributed by atoms with Crippen molar-refractivity contribution in [2.75, 3.05) is 33.2 Å². The second-order valence-electron chi connectivity index (χ2n) is 5.87. The van der Waals surface area contributed by atoms with Crippen LogP contribution in [-0.2, 0) is 6.42 Å². The number of hydrogen-bond donors (Lipinski definition) is 2. The number of phenolic OH excluding ortho intramolecular Hbond substituents is 1. The highest BCUT2D eigenvalue weighted by Gasteiger charge is 2.21. The SMILES string of the molecule is COc1cc2cc3c4c(cc(OC)c(O)c4c2cc1OC)CCN3. The van der Waals surface area contributed by atoms with Crippen LogP contribution in [0.3, 0.4) is 0 Å². The van der Waals surface area contributed by atoms with Crippen molar-refractivity contribution in [3.8, 4) is 23.0 Å². The van der Waals surface area contributed by atoms with Crippen LogP contribution in [0.25, 0.3) is 21.5 Å². The van der Waals surface area contributed by atoms with E-state index in [9.17, 15) is 5.11 Å². The molecule has 0 saturated heterocycles. The minimum atomic E-state index is 0.152. The fourth-order valence-corrected chi connectivity index (χ4v) is 3.55. The first-order chi connectivity index (χ1) is 11.7. The number of rotatable bonds is 3. The predicted octanol–water partition coefficient (Wildman–Crippen LogP) is 3.69. The second kappa shape index (κ2) is 5.37. The maximum absolute atomic E-state index is 10.8. The third-order valence-corrected chi connectivity index (χ3v) is 4.67. The average Bonchev–Trinajstić information content (AvgIpc) is 2.62. The van der Waals surface area contributed by atoms with Crippen LogP contribution < -0.4 is 19.5 Å². The number of aromatic hydroxyl groups is 1.